The average Bonchev–Trinajstić information content (AvgIpc) is 2.89. The number of nitrogens with one attached hydrogen (secondary N) is 1. The summed E-state index contributed by atoms with van der Waals surface area (Å²) in [5.41, 5.74) is -1.97. The van der Waals surface area contributed by atoms with E-state index in [1.165, 1.54) is 42.3 Å². The summed E-state index contributed by atoms with van der Waals surface area (Å²) >= 11 is 0. The average molecular weight is 517 g/mol. The van der Waals surface area contributed by atoms with Crippen molar-refractivity contribution in [2.75, 3.05) is 30.0 Å². The van der Waals surface area contributed by atoms with Crippen molar-refractivity contribution in [3.05, 3.63) is 96.3 Å². The molecule has 0 saturated heterocycles. The molecule has 3 rings (SSSR count). The third kappa shape index (κ3) is 6.10. The van der Waals surface area contributed by atoms with Crippen LogP contribution >= 0.6 is 0 Å². The van der Waals surface area contributed by atoms with Gasteiger partial charge in [0.25, 0.3) is 5.91 Å². The van der Waals surface area contributed by atoms with Gasteiger partial charge >= 0.3 is 6.18 Å². The highest BCUT2D eigenvalue weighted by Gasteiger charge is 2.55. The first kappa shape index (κ1) is 27.7. The van der Waals surface area contributed by atoms with Gasteiger partial charge in [-0.15, -0.1) is 0 Å². The number of alkyl halides is 3. The quantitative estimate of drug-likeness (QED) is 0.192. The number of carbonyl (C=O) groups excluding carboxylic acids is 1. The van der Waals surface area contributed by atoms with Gasteiger partial charge in [-0.2, -0.15) is 13.2 Å². The van der Waals surface area contributed by atoms with Crippen LogP contribution in [0.2, 0.25) is 0 Å². The minimum absolute atomic E-state index is 0.182. The van der Waals surface area contributed by atoms with Crippen LogP contribution in [0.5, 0.6) is 0 Å². The fourth-order valence-electron chi connectivity index (χ4n) is 3.79. The maximum atomic E-state index is 14.1. The molecule has 196 valence electrons. The van der Waals surface area contributed by atoms with E-state index in [0.717, 1.165) is 11.0 Å². The number of hydrogen-bond donors (Lipinski definition) is 3. The number of likely N-dealkylation sites (N-methyl/N-ethyl adjacent to an activating group) is 1. The van der Waals surface area contributed by atoms with Gasteiger partial charge in [0, 0.05) is 17.8 Å². The number of nitrogens with two attached hydrogens (primary N) is 1. The number of benzene rings is 3. The maximum absolute atomic E-state index is 14.1. The summed E-state index contributed by atoms with van der Waals surface area (Å²) in [4.78, 5) is 13.5. The van der Waals surface area contributed by atoms with Crippen molar-refractivity contribution in [1.29, 1.82) is 0 Å². The van der Waals surface area contributed by atoms with Crippen molar-refractivity contribution >= 4 is 29.0 Å². The number of aliphatic hydroxyl groups is 1. The topological polar surface area (TPSA) is 81.8 Å². The lowest BCUT2D eigenvalue weighted by atomic mass is 10.0. The van der Waals surface area contributed by atoms with E-state index in [2.05, 4.69) is 11.9 Å². The molecule has 0 heterocycles. The van der Waals surface area contributed by atoms with E-state index in [0.29, 0.717) is 16.9 Å². The molecule has 10 heteroatoms. The van der Waals surface area contributed by atoms with Gasteiger partial charge in [0.1, 0.15) is 5.82 Å². The van der Waals surface area contributed by atoms with Crippen LogP contribution in [-0.2, 0) is 0 Å². The first-order valence-corrected chi connectivity index (χ1v) is 11.4. The molecule has 37 heavy (non-hydrogen) atoms. The summed E-state index contributed by atoms with van der Waals surface area (Å²) < 4.78 is 56.4. The molecule has 4 N–H and O–H groups in total. The monoisotopic (exact) mass is 516 g/mol. The Hall–Kier alpha value is -3.89. The third-order valence-electron chi connectivity index (χ3n) is 5.91. The third-order valence-corrected chi connectivity index (χ3v) is 5.91. The molecule has 0 radical (unpaired) electrons. The Bertz CT molecular complexity index is 1240. The van der Waals surface area contributed by atoms with Gasteiger partial charge in [-0.3, -0.25) is 9.80 Å². The number of carbonyl (C=O) groups is 1. The van der Waals surface area contributed by atoms with Gasteiger partial charge in [0.15, 0.2) is 5.60 Å². The predicted octanol–water partition coefficient (Wildman–Crippen LogP) is 5.35. The second-order valence-corrected chi connectivity index (χ2v) is 8.33. The standard InChI is InChI=1S/C27H28F4N4O2/c1-3-20-23(15-10-16-24(20)35(32)19-11-6-5-7-12-19)33-17-26(37,27(29,30)31)18-34(4-2)25(36)21-13-8-9-14-22(21)28/h3,5-16,33,37H,1,4,17-18,32H2,2H3. The second-order valence-electron chi connectivity index (χ2n) is 8.33. The number of para-hydroxylation sites is 1. The summed E-state index contributed by atoms with van der Waals surface area (Å²) in [6, 6.07) is 18.7. The Labute approximate surface area is 212 Å². The van der Waals surface area contributed by atoms with Crippen molar-refractivity contribution in [1.82, 2.24) is 4.90 Å². The lowest BCUT2D eigenvalue weighted by Gasteiger charge is -2.36. The molecule has 3 aromatic carbocycles. The molecule has 0 aliphatic carbocycles. The van der Waals surface area contributed by atoms with Crippen LogP contribution in [-0.4, -0.2) is 47.3 Å². The van der Waals surface area contributed by atoms with E-state index < -0.39 is 36.6 Å². The zero-order valence-electron chi connectivity index (χ0n) is 20.2. The number of nitrogens with zero attached hydrogens (tertiary/aromatic N) is 2. The van der Waals surface area contributed by atoms with Gasteiger partial charge in [0.2, 0.25) is 0 Å². The van der Waals surface area contributed by atoms with Crippen molar-refractivity contribution in [2.24, 2.45) is 5.84 Å². The van der Waals surface area contributed by atoms with Crippen molar-refractivity contribution < 1.29 is 27.5 Å². The predicted molar refractivity (Wildman–Crippen MR) is 137 cm³/mol. The number of hydrogen-bond acceptors (Lipinski definition) is 5. The highest BCUT2D eigenvalue weighted by atomic mass is 19.4. The zero-order valence-corrected chi connectivity index (χ0v) is 20.2. The van der Waals surface area contributed by atoms with Crippen LogP contribution in [0.4, 0.5) is 34.6 Å². The molecule has 0 spiro atoms. The van der Waals surface area contributed by atoms with Crippen LogP contribution in [0, 0.1) is 5.82 Å². The van der Waals surface area contributed by atoms with Crippen molar-refractivity contribution in [3.8, 4) is 0 Å². The van der Waals surface area contributed by atoms with E-state index in [1.54, 1.807) is 36.4 Å². The first-order valence-electron chi connectivity index (χ1n) is 11.4. The summed E-state index contributed by atoms with van der Waals surface area (Å²) in [6.07, 6.45) is -3.67. The molecule has 0 fully saturated rings. The number of amides is 1. The van der Waals surface area contributed by atoms with Gasteiger partial charge in [-0.25, -0.2) is 10.2 Å². The van der Waals surface area contributed by atoms with E-state index in [4.69, 9.17) is 5.84 Å². The molecule has 1 atom stereocenters. The zero-order chi connectivity index (χ0) is 27.2. The molecule has 1 amide bonds. The van der Waals surface area contributed by atoms with E-state index in [9.17, 15) is 27.5 Å². The van der Waals surface area contributed by atoms with Gasteiger partial charge < -0.3 is 15.3 Å². The molecule has 0 aliphatic heterocycles. The minimum atomic E-state index is -5.11. The van der Waals surface area contributed by atoms with Crippen LogP contribution in [0.15, 0.2) is 79.4 Å². The van der Waals surface area contributed by atoms with Gasteiger partial charge in [0.05, 0.1) is 30.0 Å². The van der Waals surface area contributed by atoms with Crippen molar-refractivity contribution in [2.45, 2.75) is 18.7 Å². The van der Waals surface area contributed by atoms with E-state index >= 15 is 0 Å². The molecule has 1 unspecified atom stereocenters. The summed E-state index contributed by atoms with van der Waals surface area (Å²) in [6.45, 7) is 2.92. The summed E-state index contributed by atoms with van der Waals surface area (Å²) in [5, 5.41) is 14.8. The first-order chi connectivity index (χ1) is 17.5. The van der Waals surface area contributed by atoms with E-state index in [1.807, 2.05) is 6.07 Å². The minimum Gasteiger partial charge on any atom is -0.381 e. The number of rotatable bonds is 10. The SMILES string of the molecule is C=Cc1c(NCC(O)(CN(CC)C(=O)c2ccccc2F)C(F)(F)F)cccc1N(N)c1ccccc1. The number of anilines is 3. The fourth-order valence-corrected chi connectivity index (χ4v) is 3.79. The second kappa shape index (κ2) is 11.4. The summed E-state index contributed by atoms with van der Waals surface area (Å²) in [7, 11) is 0. The molecule has 0 bridgehead atoms. The Kier molecular flexibility index (Phi) is 8.57. The lowest BCUT2D eigenvalue weighted by molar-refractivity contribution is -0.257. The normalized spacial score (nSPS) is 12.9. The summed E-state index contributed by atoms with van der Waals surface area (Å²) in [5.74, 6) is 4.43. The molecule has 6 nitrogen and oxygen atoms in total. The number of hydrazine groups is 1. The van der Waals surface area contributed by atoms with Gasteiger partial charge in [-0.05, 0) is 43.3 Å². The van der Waals surface area contributed by atoms with Crippen LogP contribution < -0.4 is 16.2 Å². The fraction of sp³-hybridized carbons (Fsp3) is 0.222. The largest absolute Gasteiger partial charge is 0.420 e. The number of halogens is 4. The van der Waals surface area contributed by atoms with Crippen LogP contribution in [0.3, 0.4) is 0 Å². The Morgan fingerprint density at radius 1 is 1.05 bits per heavy atom. The lowest BCUT2D eigenvalue weighted by Crippen LogP contribution is -2.58. The van der Waals surface area contributed by atoms with Crippen LogP contribution in [0.25, 0.3) is 6.08 Å². The molecule has 3 aromatic rings. The Morgan fingerprint density at radius 2 is 1.70 bits per heavy atom. The molecular formula is C27H28F4N4O2. The molecular weight excluding hydrogens is 488 g/mol. The Morgan fingerprint density at radius 3 is 2.30 bits per heavy atom. The molecule has 0 aliphatic rings. The van der Waals surface area contributed by atoms with Crippen molar-refractivity contribution in [3.63, 3.8) is 0 Å². The van der Waals surface area contributed by atoms with Crippen LogP contribution in [0.1, 0.15) is 22.8 Å². The smallest absolute Gasteiger partial charge is 0.381 e. The Balaban J connectivity index is 1.88. The van der Waals surface area contributed by atoms with Gasteiger partial charge in [-0.1, -0.05) is 49.1 Å². The highest BCUT2D eigenvalue weighted by molar-refractivity contribution is 5.94. The highest BCUT2D eigenvalue weighted by Crippen LogP contribution is 2.35. The maximum Gasteiger partial charge on any atom is 0.420 e. The molecule has 0 aromatic heterocycles. The molecule has 0 saturated carbocycles. The van der Waals surface area contributed by atoms with E-state index in [-0.39, 0.29) is 17.8 Å².